The van der Waals surface area contributed by atoms with Gasteiger partial charge in [0.15, 0.2) is 6.61 Å². The van der Waals surface area contributed by atoms with Gasteiger partial charge in [-0.3, -0.25) is 9.59 Å². The number of anilines is 1. The van der Waals surface area contributed by atoms with Crippen LogP contribution in [0.2, 0.25) is 5.02 Å². The van der Waals surface area contributed by atoms with Crippen molar-refractivity contribution in [2.45, 2.75) is 18.9 Å². The van der Waals surface area contributed by atoms with Crippen molar-refractivity contribution in [3.05, 3.63) is 81.5 Å². The summed E-state index contributed by atoms with van der Waals surface area (Å²) in [7, 11) is 0. The zero-order valence-corrected chi connectivity index (χ0v) is 17.8. The monoisotopic (exact) mass is 440 g/mol. The van der Waals surface area contributed by atoms with E-state index in [1.807, 2.05) is 53.9 Å². The molecule has 1 atom stereocenters. The quantitative estimate of drug-likeness (QED) is 0.573. The highest BCUT2D eigenvalue weighted by Crippen LogP contribution is 2.28. The molecule has 1 aromatic heterocycles. The van der Waals surface area contributed by atoms with E-state index in [0.717, 1.165) is 22.5 Å². The predicted molar refractivity (Wildman–Crippen MR) is 119 cm³/mol. The minimum absolute atomic E-state index is 0.117. The molecule has 1 aliphatic heterocycles. The SMILES string of the molecule is O=C(COc1cccc(N2CCCC2=O)c1)NC(c1ccc(Cl)cc1)c1cccs1. The summed E-state index contributed by atoms with van der Waals surface area (Å²) < 4.78 is 5.71. The lowest BCUT2D eigenvalue weighted by Crippen LogP contribution is -2.33. The van der Waals surface area contributed by atoms with Crippen LogP contribution in [0.1, 0.15) is 29.3 Å². The van der Waals surface area contributed by atoms with Crippen molar-refractivity contribution in [2.75, 3.05) is 18.1 Å². The van der Waals surface area contributed by atoms with Crippen LogP contribution >= 0.6 is 22.9 Å². The van der Waals surface area contributed by atoms with Crippen molar-refractivity contribution >= 4 is 40.4 Å². The lowest BCUT2D eigenvalue weighted by Gasteiger charge is -2.19. The van der Waals surface area contributed by atoms with E-state index >= 15 is 0 Å². The molecule has 30 heavy (non-hydrogen) atoms. The molecule has 1 saturated heterocycles. The van der Waals surface area contributed by atoms with E-state index < -0.39 is 0 Å². The number of halogens is 1. The normalized spacial score (nSPS) is 14.6. The molecule has 7 heteroatoms. The molecule has 154 valence electrons. The Hall–Kier alpha value is -2.83. The maximum Gasteiger partial charge on any atom is 0.258 e. The molecule has 0 saturated carbocycles. The van der Waals surface area contributed by atoms with E-state index in [2.05, 4.69) is 5.32 Å². The fourth-order valence-corrected chi connectivity index (χ4v) is 4.37. The molecule has 0 spiro atoms. The Kier molecular flexibility index (Phi) is 6.35. The first-order valence-electron chi connectivity index (χ1n) is 9.71. The topological polar surface area (TPSA) is 58.6 Å². The van der Waals surface area contributed by atoms with E-state index in [4.69, 9.17) is 16.3 Å². The minimum Gasteiger partial charge on any atom is -0.484 e. The summed E-state index contributed by atoms with van der Waals surface area (Å²) in [5.74, 6) is 0.444. The Morgan fingerprint density at radius 2 is 2.00 bits per heavy atom. The molecule has 0 bridgehead atoms. The van der Waals surface area contributed by atoms with Gasteiger partial charge in [-0.05, 0) is 47.7 Å². The van der Waals surface area contributed by atoms with E-state index in [1.165, 1.54) is 0 Å². The first-order valence-corrected chi connectivity index (χ1v) is 11.0. The number of hydrogen-bond donors (Lipinski definition) is 1. The summed E-state index contributed by atoms with van der Waals surface area (Å²) in [6.07, 6.45) is 1.43. The van der Waals surface area contributed by atoms with Gasteiger partial charge in [0.2, 0.25) is 5.91 Å². The second-order valence-electron chi connectivity index (χ2n) is 7.00. The molecular formula is C23H21ClN2O3S. The Labute approximate surface area is 184 Å². The number of carbonyl (C=O) groups excluding carboxylic acids is 2. The molecule has 2 heterocycles. The summed E-state index contributed by atoms with van der Waals surface area (Å²) in [5, 5.41) is 5.67. The molecule has 1 unspecified atom stereocenters. The Bertz CT molecular complexity index is 1020. The number of nitrogens with one attached hydrogen (secondary N) is 1. The van der Waals surface area contributed by atoms with Gasteiger partial charge in [-0.25, -0.2) is 0 Å². The molecule has 2 aromatic carbocycles. The number of benzene rings is 2. The third kappa shape index (κ3) is 4.83. The number of carbonyl (C=O) groups is 2. The molecule has 1 N–H and O–H groups in total. The van der Waals surface area contributed by atoms with Crippen LogP contribution < -0.4 is 15.0 Å². The largest absolute Gasteiger partial charge is 0.484 e. The lowest BCUT2D eigenvalue weighted by molar-refractivity contribution is -0.123. The van der Waals surface area contributed by atoms with Crippen molar-refractivity contribution in [3.63, 3.8) is 0 Å². The zero-order chi connectivity index (χ0) is 20.9. The van der Waals surface area contributed by atoms with E-state index in [9.17, 15) is 9.59 Å². The molecular weight excluding hydrogens is 420 g/mol. The number of ether oxygens (including phenoxy) is 1. The predicted octanol–water partition coefficient (Wildman–Crippen LogP) is 4.81. The van der Waals surface area contributed by atoms with Crippen LogP contribution in [-0.4, -0.2) is 25.0 Å². The highest BCUT2D eigenvalue weighted by atomic mass is 35.5. The molecule has 4 rings (SSSR count). The number of amides is 2. The summed E-state index contributed by atoms with van der Waals surface area (Å²) in [6, 6.07) is 18.4. The van der Waals surface area contributed by atoms with Gasteiger partial charge in [-0.15, -0.1) is 11.3 Å². The number of hydrogen-bond acceptors (Lipinski definition) is 4. The van der Waals surface area contributed by atoms with Gasteiger partial charge in [0.1, 0.15) is 5.75 Å². The van der Waals surface area contributed by atoms with E-state index in [0.29, 0.717) is 23.7 Å². The van der Waals surface area contributed by atoms with Crippen LogP contribution in [0.25, 0.3) is 0 Å². The smallest absolute Gasteiger partial charge is 0.258 e. The lowest BCUT2D eigenvalue weighted by atomic mass is 10.1. The van der Waals surface area contributed by atoms with Gasteiger partial charge in [-0.2, -0.15) is 0 Å². The fraction of sp³-hybridized carbons (Fsp3) is 0.217. The third-order valence-corrected chi connectivity index (χ3v) is 6.10. The van der Waals surface area contributed by atoms with E-state index in [-0.39, 0.29) is 24.5 Å². The van der Waals surface area contributed by atoms with Gasteiger partial charge in [0.25, 0.3) is 5.91 Å². The van der Waals surface area contributed by atoms with Crippen LogP contribution in [0.3, 0.4) is 0 Å². The van der Waals surface area contributed by atoms with Crippen molar-refractivity contribution in [1.29, 1.82) is 0 Å². The second kappa shape index (κ2) is 9.32. The average molecular weight is 441 g/mol. The maximum absolute atomic E-state index is 12.6. The third-order valence-electron chi connectivity index (χ3n) is 4.91. The highest BCUT2D eigenvalue weighted by Gasteiger charge is 2.22. The molecule has 5 nitrogen and oxygen atoms in total. The van der Waals surface area contributed by atoms with Gasteiger partial charge in [0, 0.05) is 34.6 Å². The average Bonchev–Trinajstić information content (AvgIpc) is 3.43. The van der Waals surface area contributed by atoms with Crippen LogP contribution in [0, 0.1) is 0 Å². The molecule has 0 radical (unpaired) electrons. The number of thiophene rings is 1. The van der Waals surface area contributed by atoms with Crippen molar-refractivity contribution in [2.24, 2.45) is 0 Å². The van der Waals surface area contributed by atoms with Gasteiger partial charge >= 0.3 is 0 Å². The van der Waals surface area contributed by atoms with Crippen LogP contribution in [-0.2, 0) is 9.59 Å². The molecule has 2 amide bonds. The number of rotatable bonds is 7. The summed E-state index contributed by atoms with van der Waals surface area (Å²) in [5.41, 5.74) is 1.75. The van der Waals surface area contributed by atoms with Crippen molar-refractivity contribution in [3.8, 4) is 5.75 Å². The summed E-state index contributed by atoms with van der Waals surface area (Å²) in [4.78, 5) is 27.4. The molecule has 0 aliphatic carbocycles. The van der Waals surface area contributed by atoms with Crippen LogP contribution in [0.15, 0.2) is 66.0 Å². The van der Waals surface area contributed by atoms with E-state index in [1.54, 1.807) is 28.4 Å². The summed E-state index contributed by atoms with van der Waals surface area (Å²) in [6.45, 7) is 0.596. The fourth-order valence-electron chi connectivity index (χ4n) is 3.44. The Morgan fingerprint density at radius 1 is 1.17 bits per heavy atom. The number of nitrogens with zero attached hydrogens (tertiary/aromatic N) is 1. The Morgan fingerprint density at radius 3 is 2.70 bits per heavy atom. The van der Waals surface area contributed by atoms with Gasteiger partial charge in [0.05, 0.1) is 6.04 Å². The molecule has 3 aromatic rings. The van der Waals surface area contributed by atoms with Gasteiger partial charge < -0.3 is 15.0 Å². The van der Waals surface area contributed by atoms with Crippen LogP contribution in [0.5, 0.6) is 5.75 Å². The zero-order valence-electron chi connectivity index (χ0n) is 16.2. The van der Waals surface area contributed by atoms with Gasteiger partial charge in [-0.1, -0.05) is 35.9 Å². The highest BCUT2D eigenvalue weighted by molar-refractivity contribution is 7.10. The Balaban J connectivity index is 1.42. The maximum atomic E-state index is 12.6. The first kappa shape index (κ1) is 20.4. The van der Waals surface area contributed by atoms with Crippen molar-refractivity contribution < 1.29 is 14.3 Å². The van der Waals surface area contributed by atoms with Crippen LogP contribution in [0.4, 0.5) is 5.69 Å². The standard InChI is InChI=1S/C23H21ClN2O3S/c24-17-10-8-16(9-11-17)23(20-6-3-13-30-20)25-21(27)15-29-19-5-1-4-18(14-19)26-12-2-7-22(26)28/h1,3-6,8-11,13-14,23H,2,7,12,15H2,(H,25,27). The minimum atomic E-state index is -0.271. The summed E-state index contributed by atoms with van der Waals surface area (Å²) >= 11 is 7.58. The molecule has 1 fully saturated rings. The first-order chi connectivity index (χ1) is 14.6. The van der Waals surface area contributed by atoms with Crippen molar-refractivity contribution in [1.82, 2.24) is 5.32 Å². The molecule has 1 aliphatic rings. The second-order valence-corrected chi connectivity index (χ2v) is 8.42.